The number of allylic oxidation sites excluding steroid dienone is 2. The Hall–Kier alpha value is -0.980. The van der Waals surface area contributed by atoms with Crippen molar-refractivity contribution >= 4 is 34.9 Å². The third-order valence-corrected chi connectivity index (χ3v) is 6.68. The van der Waals surface area contributed by atoms with Crippen molar-refractivity contribution in [1.29, 1.82) is 0 Å². The van der Waals surface area contributed by atoms with Crippen molar-refractivity contribution in [2.45, 2.75) is 64.2 Å². The first-order chi connectivity index (χ1) is 13.5. The van der Waals surface area contributed by atoms with Gasteiger partial charge >= 0.3 is 0 Å². The molecule has 0 aromatic heterocycles. The smallest absolute Gasteiger partial charge is 0.168 e. The van der Waals surface area contributed by atoms with Gasteiger partial charge in [0.2, 0.25) is 0 Å². The van der Waals surface area contributed by atoms with Gasteiger partial charge in [-0.2, -0.15) is 11.8 Å². The number of nitrogens with zero attached hydrogens (tertiary/aromatic N) is 1. The van der Waals surface area contributed by atoms with Crippen molar-refractivity contribution in [2.24, 2.45) is 17.0 Å². The van der Waals surface area contributed by atoms with E-state index >= 15 is 0 Å². The van der Waals surface area contributed by atoms with Crippen LogP contribution in [-0.4, -0.2) is 46.9 Å². The average Bonchev–Trinajstić information content (AvgIpc) is 3.47. The zero-order valence-electron chi connectivity index (χ0n) is 17.0. The molecule has 0 aromatic rings. The third kappa shape index (κ3) is 7.45. The summed E-state index contributed by atoms with van der Waals surface area (Å²) in [5.74, 6) is 1.53. The highest BCUT2D eigenvalue weighted by Gasteiger charge is 2.32. The molecule has 1 fully saturated rings. The van der Waals surface area contributed by atoms with Crippen LogP contribution in [-0.2, 0) is 14.4 Å². The number of carbonyl (C=O) groups excluding carboxylic acids is 1. The Labute approximate surface area is 177 Å². The Balaban J connectivity index is 1.95. The van der Waals surface area contributed by atoms with E-state index in [9.17, 15) is 9.90 Å². The Morgan fingerprint density at radius 2 is 2.14 bits per heavy atom. The fourth-order valence-electron chi connectivity index (χ4n) is 3.05. The molecule has 2 rings (SSSR count). The van der Waals surface area contributed by atoms with Gasteiger partial charge in [-0.05, 0) is 42.9 Å². The number of Topliss-reactive ketones (excluding diaryl/α,β-unsaturated/α-hetero) is 1. The summed E-state index contributed by atoms with van der Waals surface area (Å²) in [6.07, 6.45) is 5.69. The number of oxime groups is 1. The molecule has 158 valence electrons. The number of hydrogen-bond donors (Lipinski definition) is 1. The minimum absolute atomic E-state index is 0.0294. The maximum Gasteiger partial charge on any atom is 0.168 e. The summed E-state index contributed by atoms with van der Waals surface area (Å²) in [7, 11) is 0. The molecule has 2 unspecified atom stereocenters. The van der Waals surface area contributed by atoms with E-state index < -0.39 is 0 Å². The molecule has 1 N–H and O–H groups in total. The van der Waals surface area contributed by atoms with E-state index in [2.05, 4.69) is 5.16 Å². The molecule has 0 aromatic carbocycles. The van der Waals surface area contributed by atoms with E-state index in [1.165, 1.54) is 18.4 Å². The first kappa shape index (κ1) is 23.3. The Morgan fingerprint density at radius 3 is 2.71 bits per heavy atom. The lowest BCUT2D eigenvalue weighted by atomic mass is 9.85. The molecule has 0 spiro atoms. The SMILES string of the molecule is CC/C(=N\OCC(OC/C=C/Cl)C(C)C)C1=C(O)CC(CSC2CC2)CC1=O. The molecule has 0 bridgehead atoms. The highest BCUT2D eigenvalue weighted by Crippen LogP contribution is 2.38. The van der Waals surface area contributed by atoms with Crippen molar-refractivity contribution in [3.63, 3.8) is 0 Å². The number of halogens is 1. The van der Waals surface area contributed by atoms with Gasteiger partial charge in [-0.3, -0.25) is 4.79 Å². The fourth-order valence-corrected chi connectivity index (χ4v) is 4.37. The van der Waals surface area contributed by atoms with Gasteiger partial charge in [-0.15, -0.1) is 0 Å². The second-order valence-electron chi connectivity index (χ2n) is 7.72. The van der Waals surface area contributed by atoms with E-state index in [4.69, 9.17) is 21.2 Å². The van der Waals surface area contributed by atoms with E-state index in [1.807, 2.05) is 32.5 Å². The Bertz CT molecular complexity index is 614. The highest BCUT2D eigenvalue weighted by atomic mass is 35.5. The molecule has 0 amide bonds. The molecule has 5 nitrogen and oxygen atoms in total. The molecule has 2 aliphatic rings. The first-order valence-corrected chi connectivity index (χ1v) is 11.6. The van der Waals surface area contributed by atoms with Crippen molar-refractivity contribution < 1.29 is 19.5 Å². The van der Waals surface area contributed by atoms with Gasteiger partial charge in [0.05, 0.1) is 24.0 Å². The lowest BCUT2D eigenvalue weighted by molar-refractivity contribution is -0.116. The number of rotatable bonds is 12. The van der Waals surface area contributed by atoms with Crippen LogP contribution in [0.5, 0.6) is 0 Å². The van der Waals surface area contributed by atoms with Gasteiger partial charge in [0.25, 0.3) is 0 Å². The summed E-state index contributed by atoms with van der Waals surface area (Å²) in [5, 5.41) is 15.4. The number of aliphatic hydroxyl groups excluding tert-OH is 1. The van der Waals surface area contributed by atoms with Gasteiger partial charge in [0, 0.05) is 23.6 Å². The molecular formula is C21H32ClNO4S. The minimum Gasteiger partial charge on any atom is -0.511 e. The van der Waals surface area contributed by atoms with Crippen LogP contribution in [0.4, 0.5) is 0 Å². The summed E-state index contributed by atoms with van der Waals surface area (Å²) < 4.78 is 5.72. The standard InChI is InChI=1S/C21H32ClNO4S/c1-4-17(23-27-12-20(14(2)3)26-9-5-8-22)21-18(24)10-15(11-19(21)25)13-28-16-6-7-16/h5,8,14-16,20,24H,4,6-7,9-13H2,1-3H3/b8-5+,23-17+. The molecule has 28 heavy (non-hydrogen) atoms. The van der Waals surface area contributed by atoms with Crippen LogP contribution < -0.4 is 0 Å². The van der Waals surface area contributed by atoms with Crippen molar-refractivity contribution in [2.75, 3.05) is 19.0 Å². The van der Waals surface area contributed by atoms with Gasteiger partial charge < -0.3 is 14.7 Å². The van der Waals surface area contributed by atoms with E-state index in [1.54, 1.807) is 6.08 Å². The first-order valence-electron chi connectivity index (χ1n) is 10.1. The van der Waals surface area contributed by atoms with Crippen LogP contribution in [0.1, 0.15) is 52.9 Å². The summed E-state index contributed by atoms with van der Waals surface area (Å²) >= 11 is 7.44. The number of carbonyl (C=O) groups is 1. The summed E-state index contributed by atoms with van der Waals surface area (Å²) in [6, 6.07) is 0. The molecule has 0 heterocycles. The average molecular weight is 430 g/mol. The minimum atomic E-state index is -0.136. The zero-order chi connectivity index (χ0) is 20.5. The maximum atomic E-state index is 12.6. The van der Waals surface area contributed by atoms with Gasteiger partial charge in [-0.25, -0.2) is 0 Å². The second kappa shape index (κ2) is 11.9. The molecule has 7 heteroatoms. The predicted octanol–water partition coefficient (Wildman–Crippen LogP) is 5.25. The van der Waals surface area contributed by atoms with Crippen LogP contribution in [0, 0.1) is 11.8 Å². The molecule has 0 radical (unpaired) electrons. The summed E-state index contributed by atoms with van der Waals surface area (Å²) in [5.41, 5.74) is 2.28. The number of thioether (sulfide) groups is 1. The largest absolute Gasteiger partial charge is 0.511 e. The summed E-state index contributed by atoms with van der Waals surface area (Å²) in [4.78, 5) is 18.2. The van der Waals surface area contributed by atoms with Crippen molar-refractivity contribution in [3.8, 4) is 0 Å². The number of ether oxygens (including phenoxy) is 1. The molecule has 2 atom stereocenters. The number of ketones is 1. The van der Waals surface area contributed by atoms with E-state index in [0.717, 1.165) is 11.0 Å². The lowest BCUT2D eigenvalue weighted by Crippen LogP contribution is -2.27. The van der Waals surface area contributed by atoms with Gasteiger partial charge in [-0.1, -0.05) is 37.5 Å². The molecule has 1 saturated carbocycles. The Kier molecular flexibility index (Phi) is 9.89. The van der Waals surface area contributed by atoms with Crippen LogP contribution in [0.3, 0.4) is 0 Å². The zero-order valence-corrected chi connectivity index (χ0v) is 18.6. The monoisotopic (exact) mass is 429 g/mol. The molecular weight excluding hydrogens is 398 g/mol. The lowest BCUT2D eigenvalue weighted by Gasteiger charge is -2.24. The van der Waals surface area contributed by atoms with E-state index in [0.29, 0.717) is 37.2 Å². The quantitative estimate of drug-likeness (QED) is 0.339. The number of hydrogen-bond acceptors (Lipinski definition) is 6. The van der Waals surface area contributed by atoms with Crippen molar-refractivity contribution in [1.82, 2.24) is 0 Å². The normalized spacial score (nSPS) is 22.4. The Morgan fingerprint density at radius 1 is 1.39 bits per heavy atom. The molecule has 2 aliphatic carbocycles. The molecule has 0 saturated heterocycles. The van der Waals surface area contributed by atoms with Crippen molar-refractivity contribution in [3.05, 3.63) is 22.9 Å². The third-order valence-electron chi connectivity index (χ3n) is 4.89. The fraction of sp³-hybridized carbons (Fsp3) is 0.714. The molecule has 0 aliphatic heterocycles. The maximum absolute atomic E-state index is 12.6. The highest BCUT2D eigenvalue weighted by molar-refractivity contribution is 8.00. The topological polar surface area (TPSA) is 68.1 Å². The van der Waals surface area contributed by atoms with Crippen LogP contribution in [0.25, 0.3) is 0 Å². The predicted molar refractivity (Wildman–Crippen MR) is 116 cm³/mol. The van der Waals surface area contributed by atoms with Crippen LogP contribution >= 0.6 is 23.4 Å². The van der Waals surface area contributed by atoms with Crippen LogP contribution in [0.15, 0.2) is 28.1 Å². The number of aliphatic hydroxyl groups is 1. The van der Waals surface area contributed by atoms with Gasteiger partial charge in [0.15, 0.2) is 5.78 Å². The van der Waals surface area contributed by atoms with Gasteiger partial charge in [0.1, 0.15) is 12.4 Å². The van der Waals surface area contributed by atoms with Crippen LogP contribution in [0.2, 0.25) is 0 Å². The summed E-state index contributed by atoms with van der Waals surface area (Å²) in [6.45, 7) is 6.68. The second-order valence-corrected chi connectivity index (χ2v) is 9.30. The van der Waals surface area contributed by atoms with E-state index in [-0.39, 0.29) is 36.1 Å².